The summed E-state index contributed by atoms with van der Waals surface area (Å²) in [4.78, 5) is 11.3. The molecular formula is C13H22N4. The van der Waals surface area contributed by atoms with E-state index in [0.717, 1.165) is 36.8 Å². The Morgan fingerprint density at radius 2 is 1.88 bits per heavy atom. The summed E-state index contributed by atoms with van der Waals surface area (Å²) in [5.41, 5.74) is 8.33. The van der Waals surface area contributed by atoms with Crippen LogP contribution in [0.2, 0.25) is 0 Å². The van der Waals surface area contributed by atoms with Crippen LogP contribution in [0.1, 0.15) is 31.7 Å². The fourth-order valence-corrected chi connectivity index (χ4v) is 2.39. The van der Waals surface area contributed by atoms with Crippen molar-refractivity contribution in [2.75, 3.05) is 18.0 Å². The fourth-order valence-electron chi connectivity index (χ4n) is 2.39. The Bertz CT molecular complexity index is 394. The summed E-state index contributed by atoms with van der Waals surface area (Å²) >= 11 is 0. The van der Waals surface area contributed by atoms with Gasteiger partial charge in [-0.3, -0.25) is 0 Å². The molecule has 1 aliphatic heterocycles. The van der Waals surface area contributed by atoms with Crippen LogP contribution in [-0.4, -0.2) is 29.1 Å². The molecule has 17 heavy (non-hydrogen) atoms. The van der Waals surface area contributed by atoms with E-state index in [1.54, 1.807) is 0 Å². The summed E-state index contributed by atoms with van der Waals surface area (Å²) in [6, 6.07) is 2.27. The third kappa shape index (κ3) is 2.57. The second kappa shape index (κ2) is 4.26. The first-order valence-corrected chi connectivity index (χ1v) is 6.21. The first kappa shape index (κ1) is 12.3. The molecule has 1 fully saturated rings. The molecule has 0 amide bonds. The minimum atomic E-state index is 0.124. The third-order valence-corrected chi connectivity index (χ3v) is 3.57. The molecule has 1 aromatic rings. The number of nitrogens with zero attached hydrogens (tertiary/aromatic N) is 3. The quantitative estimate of drug-likeness (QED) is 0.803. The molecule has 0 spiro atoms. The number of aromatic nitrogens is 2. The van der Waals surface area contributed by atoms with Crippen molar-refractivity contribution in [1.29, 1.82) is 0 Å². The molecule has 0 aromatic carbocycles. The maximum absolute atomic E-state index is 6.15. The predicted molar refractivity (Wildman–Crippen MR) is 70.1 cm³/mol. The van der Waals surface area contributed by atoms with E-state index in [-0.39, 0.29) is 11.5 Å². The largest absolute Gasteiger partial charge is 0.340 e. The van der Waals surface area contributed by atoms with Gasteiger partial charge in [-0.1, -0.05) is 13.8 Å². The zero-order chi connectivity index (χ0) is 12.6. The van der Waals surface area contributed by atoms with Gasteiger partial charge in [-0.05, 0) is 31.7 Å². The van der Waals surface area contributed by atoms with Crippen LogP contribution in [0.5, 0.6) is 0 Å². The maximum atomic E-state index is 6.15. The molecule has 0 radical (unpaired) electrons. The second-order valence-electron chi connectivity index (χ2n) is 5.76. The molecule has 1 aromatic heterocycles. The van der Waals surface area contributed by atoms with E-state index in [9.17, 15) is 0 Å². The molecule has 1 unspecified atom stereocenters. The van der Waals surface area contributed by atoms with E-state index in [4.69, 9.17) is 5.73 Å². The summed E-state index contributed by atoms with van der Waals surface area (Å²) in [6.45, 7) is 10.3. The zero-order valence-corrected chi connectivity index (χ0v) is 11.2. The van der Waals surface area contributed by atoms with Crippen LogP contribution in [-0.2, 0) is 0 Å². The van der Waals surface area contributed by atoms with Gasteiger partial charge in [0.05, 0.1) is 0 Å². The lowest BCUT2D eigenvalue weighted by Crippen LogP contribution is -2.53. The summed E-state index contributed by atoms with van der Waals surface area (Å²) in [6.07, 6.45) is 1.00. The highest BCUT2D eigenvalue weighted by Gasteiger charge is 2.34. The third-order valence-electron chi connectivity index (χ3n) is 3.57. The minimum Gasteiger partial charge on any atom is -0.340 e. The lowest BCUT2D eigenvalue weighted by molar-refractivity contribution is 0.243. The molecule has 0 aliphatic carbocycles. The van der Waals surface area contributed by atoms with Gasteiger partial charge in [0, 0.05) is 30.5 Å². The van der Waals surface area contributed by atoms with Crippen LogP contribution >= 0.6 is 0 Å². The van der Waals surface area contributed by atoms with Gasteiger partial charge >= 0.3 is 0 Å². The Balaban J connectivity index is 2.23. The second-order valence-corrected chi connectivity index (χ2v) is 5.76. The summed E-state index contributed by atoms with van der Waals surface area (Å²) in [5.74, 6) is 0.850. The minimum absolute atomic E-state index is 0.124. The molecule has 4 heteroatoms. The molecular weight excluding hydrogens is 212 g/mol. The van der Waals surface area contributed by atoms with Crippen LogP contribution in [0.25, 0.3) is 0 Å². The summed E-state index contributed by atoms with van der Waals surface area (Å²) in [5, 5.41) is 0. The van der Waals surface area contributed by atoms with Gasteiger partial charge in [-0.15, -0.1) is 0 Å². The number of hydrogen-bond donors (Lipinski definition) is 1. The van der Waals surface area contributed by atoms with Gasteiger partial charge < -0.3 is 10.6 Å². The highest BCUT2D eigenvalue weighted by Crippen LogP contribution is 2.29. The van der Waals surface area contributed by atoms with Crippen molar-refractivity contribution in [3.63, 3.8) is 0 Å². The number of nitrogens with two attached hydrogens (primary N) is 1. The van der Waals surface area contributed by atoms with Crippen LogP contribution in [0, 0.1) is 19.3 Å². The van der Waals surface area contributed by atoms with Gasteiger partial charge in [0.15, 0.2) is 0 Å². The predicted octanol–water partition coefficient (Wildman–Crippen LogP) is 1.66. The average Bonchev–Trinajstić information content (AvgIpc) is 2.20. The highest BCUT2D eigenvalue weighted by atomic mass is 15.3. The number of hydrogen-bond acceptors (Lipinski definition) is 4. The van der Waals surface area contributed by atoms with E-state index in [1.165, 1.54) is 0 Å². The molecule has 2 rings (SSSR count). The highest BCUT2D eigenvalue weighted by molar-refractivity contribution is 5.34. The van der Waals surface area contributed by atoms with Crippen LogP contribution in [0.4, 0.5) is 5.95 Å². The number of piperidine rings is 1. The fraction of sp³-hybridized carbons (Fsp3) is 0.692. The van der Waals surface area contributed by atoms with E-state index in [2.05, 4.69) is 28.7 Å². The molecule has 2 N–H and O–H groups in total. The SMILES string of the molecule is Cc1cc(C)nc(N2CCC(N)C(C)(C)C2)n1. The summed E-state index contributed by atoms with van der Waals surface area (Å²) in [7, 11) is 0. The molecule has 0 saturated carbocycles. The molecule has 2 heterocycles. The van der Waals surface area contributed by atoms with Crippen LogP contribution in [0.15, 0.2) is 6.07 Å². The molecule has 94 valence electrons. The van der Waals surface area contributed by atoms with Gasteiger partial charge in [0.1, 0.15) is 0 Å². The van der Waals surface area contributed by atoms with Gasteiger partial charge in [0.25, 0.3) is 0 Å². The van der Waals surface area contributed by atoms with Crippen molar-refractivity contribution < 1.29 is 0 Å². The topological polar surface area (TPSA) is 55.0 Å². The average molecular weight is 234 g/mol. The van der Waals surface area contributed by atoms with Crippen molar-refractivity contribution >= 4 is 5.95 Å². The lowest BCUT2D eigenvalue weighted by atomic mass is 9.80. The summed E-state index contributed by atoms with van der Waals surface area (Å²) < 4.78 is 0. The first-order valence-electron chi connectivity index (χ1n) is 6.21. The number of aryl methyl sites for hydroxylation is 2. The Kier molecular flexibility index (Phi) is 3.08. The van der Waals surface area contributed by atoms with E-state index in [1.807, 2.05) is 19.9 Å². The number of rotatable bonds is 1. The Labute approximate surface area is 103 Å². The number of anilines is 1. The van der Waals surface area contributed by atoms with Crippen LogP contribution < -0.4 is 10.6 Å². The van der Waals surface area contributed by atoms with E-state index in [0.29, 0.717) is 0 Å². The molecule has 4 nitrogen and oxygen atoms in total. The Morgan fingerprint density at radius 3 is 2.41 bits per heavy atom. The molecule has 1 saturated heterocycles. The standard InChI is InChI=1S/C13H22N4/c1-9-7-10(2)16-12(15-9)17-6-5-11(14)13(3,4)8-17/h7,11H,5-6,8,14H2,1-4H3. The molecule has 0 bridgehead atoms. The zero-order valence-electron chi connectivity index (χ0n) is 11.2. The van der Waals surface area contributed by atoms with Crippen molar-refractivity contribution in [2.24, 2.45) is 11.1 Å². The van der Waals surface area contributed by atoms with Crippen molar-refractivity contribution in [3.8, 4) is 0 Å². The van der Waals surface area contributed by atoms with Crippen molar-refractivity contribution in [3.05, 3.63) is 17.5 Å². The van der Waals surface area contributed by atoms with Gasteiger partial charge in [-0.25, -0.2) is 9.97 Å². The van der Waals surface area contributed by atoms with Crippen LogP contribution in [0.3, 0.4) is 0 Å². The monoisotopic (exact) mass is 234 g/mol. The normalized spacial score (nSPS) is 23.8. The smallest absolute Gasteiger partial charge is 0.225 e. The van der Waals surface area contributed by atoms with Gasteiger partial charge in [0.2, 0.25) is 5.95 Å². The molecule has 1 aliphatic rings. The maximum Gasteiger partial charge on any atom is 0.225 e. The van der Waals surface area contributed by atoms with Gasteiger partial charge in [-0.2, -0.15) is 0 Å². The molecule has 1 atom stereocenters. The Hall–Kier alpha value is -1.16. The Morgan fingerprint density at radius 1 is 1.29 bits per heavy atom. The first-order chi connectivity index (χ1) is 7.88. The van der Waals surface area contributed by atoms with E-state index < -0.39 is 0 Å². The van der Waals surface area contributed by atoms with Crippen molar-refractivity contribution in [1.82, 2.24) is 9.97 Å². The lowest BCUT2D eigenvalue weighted by Gasteiger charge is -2.42. The van der Waals surface area contributed by atoms with Crippen molar-refractivity contribution in [2.45, 2.75) is 40.2 Å². The van der Waals surface area contributed by atoms with E-state index >= 15 is 0 Å².